The van der Waals surface area contributed by atoms with E-state index < -0.39 is 7.60 Å². The van der Waals surface area contributed by atoms with Gasteiger partial charge in [-0.05, 0) is 6.07 Å². The lowest BCUT2D eigenvalue weighted by Crippen LogP contribution is -2.04. The third-order valence-corrected chi connectivity index (χ3v) is 3.19. The second-order valence-electron chi connectivity index (χ2n) is 3.36. The SMILES string of the molecule is CCc1oc(N)nc1-c1occc1P(=O)(O)O. The topological polar surface area (TPSA) is 123 Å². The first-order chi connectivity index (χ1) is 7.93. The molecule has 8 heteroatoms. The fourth-order valence-electron chi connectivity index (χ4n) is 1.50. The number of aryl methyl sites for hydroxylation is 1. The van der Waals surface area contributed by atoms with E-state index in [1.807, 2.05) is 6.92 Å². The van der Waals surface area contributed by atoms with Crippen LogP contribution in [0.5, 0.6) is 0 Å². The van der Waals surface area contributed by atoms with Crippen molar-refractivity contribution in [3.8, 4) is 11.5 Å². The number of oxazole rings is 1. The molecule has 0 amide bonds. The molecule has 2 aromatic heterocycles. The van der Waals surface area contributed by atoms with E-state index in [2.05, 4.69) is 4.98 Å². The summed E-state index contributed by atoms with van der Waals surface area (Å²) < 4.78 is 21.4. The summed E-state index contributed by atoms with van der Waals surface area (Å²) in [6, 6.07) is 1.14. The van der Waals surface area contributed by atoms with Crippen LogP contribution in [0.25, 0.3) is 11.5 Å². The van der Waals surface area contributed by atoms with Crippen molar-refractivity contribution in [1.82, 2.24) is 4.98 Å². The van der Waals surface area contributed by atoms with E-state index in [0.29, 0.717) is 12.2 Å². The van der Waals surface area contributed by atoms with Crippen LogP contribution in [0.15, 0.2) is 21.2 Å². The summed E-state index contributed by atoms with van der Waals surface area (Å²) in [6.45, 7) is 1.81. The van der Waals surface area contributed by atoms with E-state index in [-0.39, 0.29) is 22.8 Å². The number of hydrogen-bond donors (Lipinski definition) is 3. The summed E-state index contributed by atoms with van der Waals surface area (Å²) in [4.78, 5) is 22.2. The van der Waals surface area contributed by atoms with E-state index in [1.54, 1.807) is 0 Å². The zero-order valence-corrected chi connectivity index (χ0v) is 9.85. The highest BCUT2D eigenvalue weighted by Crippen LogP contribution is 2.39. The molecule has 0 aliphatic carbocycles. The number of nitrogen functional groups attached to an aromatic ring is 1. The number of anilines is 1. The van der Waals surface area contributed by atoms with E-state index in [0.717, 1.165) is 0 Å². The van der Waals surface area contributed by atoms with Crippen LogP contribution in [0.2, 0.25) is 0 Å². The smallest absolute Gasteiger partial charge is 0.360 e. The van der Waals surface area contributed by atoms with Crippen LogP contribution < -0.4 is 11.0 Å². The van der Waals surface area contributed by atoms with Crippen LogP contribution in [-0.2, 0) is 11.0 Å². The molecule has 2 aromatic rings. The third-order valence-electron chi connectivity index (χ3n) is 2.21. The Morgan fingerprint density at radius 1 is 1.53 bits per heavy atom. The van der Waals surface area contributed by atoms with Crippen LogP contribution >= 0.6 is 7.60 Å². The summed E-state index contributed by atoms with van der Waals surface area (Å²) in [5.41, 5.74) is 5.64. The molecule has 0 unspecified atom stereocenters. The lowest BCUT2D eigenvalue weighted by atomic mass is 10.2. The van der Waals surface area contributed by atoms with Gasteiger partial charge in [-0.1, -0.05) is 6.92 Å². The summed E-state index contributed by atoms with van der Waals surface area (Å²) in [5.74, 6) is 0.419. The van der Waals surface area contributed by atoms with Crippen molar-refractivity contribution < 1.29 is 23.2 Å². The molecule has 2 rings (SSSR count). The Kier molecular flexibility index (Phi) is 2.82. The Bertz CT molecular complexity index is 582. The van der Waals surface area contributed by atoms with Crippen molar-refractivity contribution in [3.05, 3.63) is 18.1 Å². The largest absolute Gasteiger partial charge is 0.462 e. The van der Waals surface area contributed by atoms with Crippen LogP contribution in [0.4, 0.5) is 6.01 Å². The molecule has 4 N–H and O–H groups in total. The minimum atomic E-state index is -4.41. The van der Waals surface area contributed by atoms with Gasteiger partial charge in [-0.3, -0.25) is 4.57 Å². The first-order valence-corrected chi connectivity index (χ1v) is 6.44. The first kappa shape index (κ1) is 11.9. The fraction of sp³-hybridized carbons (Fsp3) is 0.222. The van der Waals surface area contributed by atoms with Gasteiger partial charge in [-0.15, -0.1) is 0 Å². The monoisotopic (exact) mass is 258 g/mol. The van der Waals surface area contributed by atoms with Gasteiger partial charge < -0.3 is 24.4 Å². The standard InChI is InChI=1S/C9H11N2O5P/c1-2-5-7(11-9(10)16-5)8-6(3-4-15-8)17(12,13)14/h3-4H,2H2,1H3,(H2,10,11)(H2,12,13,14). The second-order valence-corrected chi connectivity index (χ2v) is 4.93. The Hall–Kier alpha value is -1.56. The molecule has 0 spiro atoms. The Morgan fingerprint density at radius 2 is 2.24 bits per heavy atom. The molecule has 0 aromatic carbocycles. The number of nitrogens with zero attached hydrogens (tertiary/aromatic N) is 1. The Morgan fingerprint density at radius 3 is 2.82 bits per heavy atom. The van der Waals surface area contributed by atoms with Crippen molar-refractivity contribution in [3.63, 3.8) is 0 Å². The summed E-state index contributed by atoms with van der Waals surface area (Å²) in [5, 5.41) is -0.222. The van der Waals surface area contributed by atoms with Gasteiger partial charge in [0.25, 0.3) is 6.01 Å². The zero-order chi connectivity index (χ0) is 12.6. The number of rotatable bonds is 3. The maximum absolute atomic E-state index is 11.2. The molecule has 0 saturated carbocycles. The minimum absolute atomic E-state index is 0.00404. The minimum Gasteiger partial charge on any atom is -0.462 e. The van der Waals surface area contributed by atoms with Gasteiger partial charge in [0, 0.05) is 6.42 Å². The molecule has 0 atom stereocenters. The predicted octanol–water partition coefficient (Wildman–Crippen LogP) is 0.882. The average molecular weight is 258 g/mol. The van der Waals surface area contributed by atoms with Gasteiger partial charge in [0.2, 0.25) is 0 Å². The normalized spacial score (nSPS) is 11.9. The molecule has 0 bridgehead atoms. The number of hydrogen-bond acceptors (Lipinski definition) is 5. The maximum Gasteiger partial charge on any atom is 0.360 e. The molecular weight excluding hydrogens is 247 g/mol. The number of nitrogens with two attached hydrogens (primary N) is 1. The molecule has 17 heavy (non-hydrogen) atoms. The highest BCUT2D eigenvalue weighted by molar-refractivity contribution is 7.60. The van der Waals surface area contributed by atoms with Crippen molar-refractivity contribution >= 4 is 18.9 Å². The summed E-state index contributed by atoms with van der Waals surface area (Å²) in [7, 11) is -4.41. The van der Waals surface area contributed by atoms with E-state index in [4.69, 9.17) is 24.4 Å². The van der Waals surface area contributed by atoms with Crippen molar-refractivity contribution in [2.75, 3.05) is 5.73 Å². The lowest BCUT2D eigenvalue weighted by molar-refractivity contribution is 0.387. The first-order valence-electron chi connectivity index (χ1n) is 4.82. The van der Waals surface area contributed by atoms with Crippen LogP contribution in [0.3, 0.4) is 0 Å². The predicted molar refractivity (Wildman–Crippen MR) is 59.7 cm³/mol. The van der Waals surface area contributed by atoms with E-state index in [1.165, 1.54) is 12.3 Å². The molecular formula is C9H11N2O5P. The molecule has 0 saturated heterocycles. The van der Waals surface area contributed by atoms with Crippen molar-refractivity contribution in [1.29, 1.82) is 0 Å². The highest BCUT2D eigenvalue weighted by atomic mass is 31.2. The summed E-state index contributed by atoms with van der Waals surface area (Å²) >= 11 is 0. The van der Waals surface area contributed by atoms with Gasteiger partial charge in [0.1, 0.15) is 11.1 Å². The van der Waals surface area contributed by atoms with E-state index >= 15 is 0 Å². The van der Waals surface area contributed by atoms with Crippen LogP contribution in [0, 0.1) is 0 Å². The molecule has 2 heterocycles. The van der Waals surface area contributed by atoms with E-state index in [9.17, 15) is 4.57 Å². The van der Waals surface area contributed by atoms with Crippen molar-refractivity contribution in [2.24, 2.45) is 0 Å². The molecule has 92 valence electrons. The van der Waals surface area contributed by atoms with Gasteiger partial charge in [-0.25, -0.2) is 0 Å². The average Bonchev–Trinajstić information content (AvgIpc) is 2.81. The van der Waals surface area contributed by atoms with Gasteiger partial charge >= 0.3 is 7.60 Å². The third kappa shape index (κ3) is 2.12. The van der Waals surface area contributed by atoms with Gasteiger partial charge in [0.15, 0.2) is 11.5 Å². The second kappa shape index (κ2) is 4.03. The number of furan rings is 1. The van der Waals surface area contributed by atoms with Gasteiger partial charge in [-0.2, -0.15) is 4.98 Å². The highest BCUT2D eigenvalue weighted by Gasteiger charge is 2.28. The zero-order valence-electron chi connectivity index (χ0n) is 8.95. The van der Waals surface area contributed by atoms with Crippen LogP contribution in [-0.4, -0.2) is 14.8 Å². The molecule has 0 radical (unpaired) electrons. The fourth-order valence-corrected chi connectivity index (χ4v) is 2.17. The maximum atomic E-state index is 11.2. The molecule has 0 fully saturated rings. The van der Waals surface area contributed by atoms with Crippen molar-refractivity contribution in [2.45, 2.75) is 13.3 Å². The lowest BCUT2D eigenvalue weighted by Gasteiger charge is -2.02. The molecule has 7 nitrogen and oxygen atoms in total. The van der Waals surface area contributed by atoms with Crippen LogP contribution in [0.1, 0.15) is 12.7 Å². The summed E-state index contributed by atoms with van der Waals surface area (Å²) in [6.07, 6.45) is 1.68. The molecule has 0 aliphatic rings. The quantitative estimate of drug-likeness (QED) is 0.698. The number of aromatic nitrogens is 1. The molecule has 0 aliphatic heterocycles. The Balaban J connectivity index is 2.61. The Labute approximate surface area is 96.4 Å². The van der Waals surface area contributed by atoms with Gasteiger partial charge in [0.05, 0.1) is 6.26 Å².